The lowest BCUT2D eigenvalue weighted by atomic mass is 10.2. The minimum Gasteiger partial charge on any atom is -0.464 e. The van der Waals surface area contributed by atoms with E-state index < -0.39 is 5.97 Å². The molecule has 0 aliphatic carbocycles. The van der Waals surface area contributed by atoms with Crippen LogP contribution >= 0.6 is 11.8 Å². The Labute approximate surface area is 190 Å². The SMILES string of the molecule is COC(=O)/C(=N\Nc1ccc(C)cc1)Sc1nnc(-c2ccccc2)n1-c1ccccc1. The molecule has 0 spiro atoms. The van der Waals surface area contributed by atoms with Gasteiger partial charge in [-0.1, -0.05) is 66.2 Å². The summed E-state index contributed by atoms with van der Waals surface area (Å²) >= 11 is 1.08. The largest absolute Gasteiger partial charge is 0.464 e. The molecule has 4 aromatic rings. The van der Waals surface area contributed by atoms with E-state index in [1.165, 1.54) is 7.11 Å². The summed E-state index contributed by atoms with van der Waals surface area (Å²) in [5.41, 5.74) is 6.58. The van der Waals surface area contributed by atoms with Crippen molar-refractivity contribution in [2.75, 3.05) is 12.5 Å². The van der Waals surface area contributed by atoms with Gasteiger partial charge in [-0.3, -0.25) is 9.99 Å². The molecule has 160 valence electrons. The highest BCUT2D eigenvalue weighted by Crippen LogP contribution is 2.29. The normalized spacial score (nSPS) is 11.2. The van der Waals surface area contributed by atoms with Crippen molar-refractivity contribution in [3.63, 3.8) is 0 Å². The van der Waals surface area contributed by atoms with Gasteiger partial charge in [0, 0.05) is 11.3 Å². The molecule has 0 aliphatic heterocycles. The summed E-state index contributed by atoms with van der Waals surface area (Å²) in [7, 11) is 1.32. The maximum Gasteiger partial charge on any atom is 0.365 e. The second-order valence-electron chi connectivity index (χ2n) is 6.83. The molecule has 0 atom stereocenters. The van der Waals surface area contributed by atoms with Crippen molar-refractivity contribution in [2.24, 2.45) is 5.10 Å². The Morgan fingerprint density at radius 1 is 0.938 bits per heavy atom. The lowest BCUT2D eigenvalue weighted by Crippen LogP contribution is -2.15. The number of aromatic nitrogens is 3. The van der Waals surface area contributed by atoms with Gasteiger partial charge in [0.1, 0.15) is 0 Å². The third-order valence-corrected chi connectivity index (χ3v) is 5.46. The molecule has 1 heterocycles. The Kier molecular flexibility index (Phi) is 6.62. The van der Waals surface area contributed by atoms with Crippen LogP contribution in [0.3, 0.4) is 0 Å². The number of aryl methyl sites for hydroxylation is 1. The molecule has 0 aliphatic rings. The molecular weight excluding hydrogens is 422 g/mol. The third kappa shape index (κ3) is 4.87. The van der Waals surface area contributed by atoms with Gasteiger partial charge in [0.05, 0.1) is 12.8 Å². The molecule has 0 radical (unpaired) electrons. The zero-order valence-electron chi connectivity index (χ0n) is 17.6. The van der Waals surface area contributed by atoms with Crippen LogP contribution in [0.15, 0.2) is 95.2 Å². The fourth-order valence-electron chi connectivity index (χ4n) is 2.95. The first kappa shape index (κ1) is 21.3. The van der Waals surface area contributed by atoms with Gasteiger partial charge >= 0.3 is 5.97 Å². The second-order valence-corrected chi connectivity index (χ2v) is 7.79. The van der Waals surface area contributed by atoms with Crippen LogP contribution in [-0.2, 0) is 9.53 Å². The molecule has 8 heteroatoms. The van der Waals surface area contributed by atoms with Gasteiger partial charge in [0.2, 0.25) is 10.2 Å². The van der Waals surface area contributed by atoms with Crippen LogP contribution in [0.1, 0.15) is 5.56 Å². The number of esters is 1. The summed E-state index contributed by atoms with van der Waals surface area (Å²) in [5.74, 6) is 0.0912. The fraction of sp³-hybridized carbons (Fsp3) is 0.0833. The molecular formula is C24H21N5O2S. The van der Waals surface area contributed by atoms with E-state index in [1.807, 2.05) is 96.4 Å². The van der Waals surface area contributed by atoms with Crippen molar-refractivity contribution in [1.82, 2.24) is 14.8 Å². The molecule has 0 fully saturated rings. The topological polar surface area (TPSA) is 81.4 Å². The lowest BCUT2D eigenvalue weighted by Gasteiger charge is -2.11. The van der Waals surface area contributed by atoms with Crippen molar-refractivity contribution in [3.8, 4) is 17.1 Å². The van der Waals surface area contributed by atoms with Crippen LogP contribution < -0.4 is 5.43 Å². The molecule has 7 nitrogen and oxygen atoms in total. The van der Waals surface area contributed by atoms with E-state index in [-0.39, 0.29) is 5.04 Å². The van der Waals surface area contributed by atoms with Crippen LogP contribution in [-0.4, -0.2) is 32.9 Å². The van der Waals surface area contributed by atoms with Crippen molar-refractivity contribution < 1.29 is 9.53 Å². The maximum absolute atomic E-state index is 12.4. The summed E-state index contributed by atoms with van der Waals surface area (Å²) in [6.45, 7) is 2.00. The first-order valence-corrected chi connectivity index (χ1v) is 10.7. The van der Waals surface area contributed by atoms with Crippen molar-refractivity contribution in [1.29, 1.82) is 0 Å². The van der Waals surface area contributed by atoms with E-state index in [4.69, 9.17) is 4.74 Å². The van der Waals surface area contributed by atoms with E-state index in [9.17, 15) is 4.79 Å². The van der Waals surface area contributed by atoms with E-state index in [2.05, 4.69) is 20.7 Å². The number of hydrogen-bond donors (Lipinski definition) is 1. The number of hydrazone groups is 1. The van der Waals surface area contributed by atoms with Gasteiger partial charge in [-0.2, -0.15) is 5.10 Å². The number of rotatable bonds is 5. The molecule has 32 heavy (non-hydrogen) atoms. The Morgan fingerprint density at radius 2 is 1.59 bits per heavy atom. The number of carbonyl (C=O) groups is 1. The Balaban J connectivity index is 1.72. The number of carbonyl (C=O) groups excluding carboxylic acids is 1. The average Bonchev–Trinajstić information content (AvgIpc) is 3.27. The number of ether oxygens (including phenoxy) is 1. The smallest absolute Gasteiger partial charge is 0.365 e. The summed E-state index contributed by atoms with van der Waals surface area (Å²) < 4.78 is 6.83. The highest BCUT2D eigenvalue weighted by Gasteiger charge is 2.22. The summed E-state index contributed by atoms with van der Waals surface area (Å²) in [5, 5.41) is 13.6. The number of para-hydroxylation sites is 1. The standard InChI is InChI=1S/C24H21N5O2S/c1-17-13-15-19(16-14-17)25-27-22(23(30)31-2)32-24-28-26-21(18-9-5-3-6-10-18)29(24)20-11-7-4-8-12-20/h3-16,25H,1-2H3/b27-22+. The highest BCUT2D eigenvalue weighted by molar-refractivity contribution is 8.15. The van der Waals surface area contributed by atoms with Crippen LogP contribution in [0.25, 0.3) is 17.1 Å². The van der Waals surface area contributed by atoms with E-state index >= 15 is 0 Å². The van der Waals surface area contributed by atoms with Crippen LogP contribution in [0.2, 0.25) is 0 Å². The lowest BCUT2D eigenvalue weighted by molar-refractivity contribution is -0.132. The van der Waals surface area contributed by atoms with Crippen LogP contribution in [0.4, 0.5) is 5.69 Å². The summed E-state index contributed by atoms with van der Waals surface area (Å²) in [4.78, 5) is 12.4. The molecule has 1 aromatic heterocycles. The van der Waals surface area contributed by atoms with Gasteiger partial charge in [0.15, 0.2) is 5.82 Å². The Bertz CT molecular complexity index is 1220. The predicted molar refractivity (Wildman–Crippen MR) is 127 cm³/mol. The number of methoxy groups -OCH3 is 1. The monoisotopic (exact) mass is 443 g/mol. The third-order valence-electron chi connectivity index (χ3n) is 4.57. The summed E-state index contributed by atoms with van der Waals surface area (Å²) in [6, 6.07) is 27.2. The molecule has 0 saturated carbocycles. The number of hydrogen-bond acceptors (Lipinski definition) is 7. The molecule has 4 rings (SSSR count). The zero-order chi connectivity index (χ0) is 22.3. The maximum atomic E-state index is 12.4. The van der Waals surface area contributed by atoms with Gasteiger partial charge in [-0.15, -0.1) is 10.2 Å². The van der Waals surface area contributed by atoms with E-state index in [0.717, 1.165) is 34.3 Å². The van der Waals surface area contributed by atoms with Gasteiger partial charge in [0.25, 0.3) is 0 Å². The van der Waals surface area contributed by atoms with Gasteiger partial charge in [-0.05, 0) is 43.0 Å². The van der Waals surface area contributed by atoms with Crippen molar-refractivity contribution >= 4 is 28.5 Å². The number of nitrogens with zero attached hydrogens (tertiary/aromatic N) is 4. The molecule has 3 aromatic carbocycles. The minimum absolute atomic E-state index is 0.109. The average molecular weight is 444 g/mol. The fourth-order valence-corrected chi connectivity index (χ4v) is 3.74. The number of thioether (sulfide) groups is 1. The molecule has 0 bridgehead atoms. The Morgan fingerprint density at radius 3 is 2.25 bits per heavy atom. The van der Waals surface area contributed by atoms with Crippen LogP contribution in [0.5, 0.6) is 0 Å². The first-order valence-electron chi connectivity index (χ1n) is 9.88. The summed E-state index contributed by atoms with van der Waals surface area (Å²) in [6.07, 6.45) is 0. The van der Waals surface area contributed by atoms with E-state index in [0.29, 0.717) is 11.0 Å². The van der Waals surface area contributed by atoms with Crippen molar-refractivity contribution in [3.05, 3.63) is 90.5 Å². The van der Waals surface area contributed by atoms with Gasteiger partial charge < -0.3 is 4.74 Å². The molecule has 0 saturated heterocycles. The quantitative estimate of drug-likeness (QED) is 0.155. The number of benzene rings is 3. The minimum atomic E-state index is -0.571. The number of nitrogens with one attached hydrogen (secondary N) is 1. The molecule has 1 N–H and O–H groups in total. The molecule has 0 amide bonds. The zero-order valence-corrected chi connectivity index (χ0v) is 18.4. The highest BCUT2D eigenvalue weighted by atomic mass is 32.2. The van der Waals surface area contributed by atoms with Gasteiger partial charge in [-0.25, -0.2) is 4.79 Å². The van der Waals surface area contributed by atoms with Crippen LogP contribution in [0, 0.1) is 6.92 Å². The number of anilines is 1. The Hall–Kier alpha value is -3.91. The van der Waals surface area contributed by atoms with E-state index in [1.54, 1.807) is 0 Å². The second kappa shape index (κ2) is 9.93. The first-order chi connectivity index (χ1) is 15.7. The molecule has 0 unspecified atom stereocenters. The van der Waals surface area contributed by atoms with Crippen molar-refractivity contribution in [2.45, 2.75) is 12.1 Å². The predicted octanol–water partition coefficient (Wildman–Crippen LogP) is 4.93.